The van der Waals surface area contributed by atoms with E-state index in [1.54, 1.807) is 0 Å². The molecule has 0 aliphatic carbocycles. The molecule has 0 atom stereocenters. The van der Waals surface area contributed by atoms with Crippen LogP contribution < -0.4 is 5.32 Å². The van der Waals surface area contributed by atoms with Crippen LogP contribution in [0.5, 0.6) is 0 Å². The first-order valence-corrected chi connectivity index (χ1v) is 7.78. The predicted molar refractivity (Wildman–Crippen MR) is 81.5 cm³/mol. The summed E-state index contributed by atoms with van der Waals surface area (Å²) in [7, 11) is 0. The number of halogens is 3. The van der Waals surface area contributed by atoms with Gasteiger partial charge in [-0.25, -0.2) is 0 Å². The van der Waals surface area contributed by atoms with Gasteiger partial charge in [0.2, 0.25) is 0 Å². The summed E-state index contributed by atoms with van der Waals surface area (Å²) in [6.45, 7) is 7.75. The summed E-state index contributed by atoms with van der Waals surface area (Å²) < 4.78 is 38.9. The lowest BCUT2D eigenvalue weighted by Crippen LogP contribution is -2.38. The number of benzene rings is 1. The minimum Gasteiger partial charge on any atom is -0.316 e. The van der Waals surface area contributed by atoms with Gasteiger partial charge in [-0.3, -0.25) is 0 Å². The van der Waals surface area contributed by atoms with Gasteiger partial charge in [0.1, 0.15) is 0 Å². The number of nitrogens with one attached hydrogen (secondary N) is 1. The van der Waals surface area contributed by atoms with Crippen LogP contribution in [0.1, 0.15) is 57.6 Å². The fraction of sp³-hybridized carbons (Fsp3) is 0.647. The third kappa shape index (κ3) is 4.73. The molecule has 1 aromatic carbocycles. The van der Waals surface area contributed by atoms with Crippen molar-refractivity contribution in [2.45, 2.75) is 58.0 Å². The maximum absolute atomic E-state index is 13.0. The molecule has 0 fully saturated rings. The topological polar surface area (TPSA) is 12.0 Å². The summed E-state index contributed by atoms with van der Waals surface area (Å²) in [6.07, 6.45) is -0.564. The summed E-state index contributed by atoms with van der Waals surface area (Å²) in [5.41, 5.74) is 0.0517. The Bertz CT molecular complexity index is 420. The molecule has 1 N–H and O–H groups in total. The average Bonchev–Trinajstić information content (AvgIpc) is 2.44. The van der Waals surface area contributed by atoms with Gasteiger partial charge in [0, 0.05) is 12.0 Å². The predicted octanol–water partition coefficient (Wildman–Crippen LogP) is 5.15. The van der Waals surface area contributed by atoms with Gasteiger partial charge in [0.25, 0.3) is 0 Å². The van der Waals surface area contributed by atoms with Gasteiger partial charge in [-0.15, -0.1) is 0 Å². The SMILES string of the molecule is CCCC(CCC)(CNCC)c1cccc(C(F)(F)F)c1. The average molecular weight is 301 g/mol. The first-order chi connectivity index (χ1) is 9.89. The van der Waals surface area contributed by atoms with Crippen molar-refractivity contribution in [3.8, 4) is 0 Å². The zero-order chi connectivity index (χ0) is 15.9. The van der Waals surface area contributed by atoms with Gasteiger partial charge in [-0.1, -0.05) is 51.8 Å². The van der Waals surface area contributed by atoms with E-state index < -0.39 is 11.7 Å². The van der Waals surface area contributed by atoms with Gasteiger partial charge < -0.3 is 5.32 Å². The lowest BCUT2D eigenvalue weighted by atomic mass is 9.73. The molecule has 21 heavy (non-hydrogen) atoms. The summed E-state index contributed by atoms with van der Waals surface area (Å²) in [6, 6.07) is 5.87. The summed E-state index contributed by atoms with van der Waals surface area (Å²) in [5.74, 6) is 0. The van der Waals surface area contributed by atoms with Gasteiger partial charge in [0.05, 0.1) is 5.56 Å². The first kappa shape index (κ1) is 18.0. The van der Waals surface area contributed by atoms with Crippen LogP contribution in [0.25, 0.3) is 0 Å². The number of rotatable bonds is 8. The van der Waals surface area contributed by atoms with Gasteiger partial charge >= 0.3 is 6.18 Å². The molecule has 1 aromatic rings. The highest BCUT2D eigenvalue weighted by Crippen LogP contribution is 2.37. The van der Waals surface area contributed by atoms with Crippen molar-refractivity contribution in [1.82, 2.24) is 5.32 Å². The Morgan fingerprint density at radius 3 is 2.00 bits per heavy atom. The van der Waals surface area contributed by atoms with Crippen LogP contribution in [-0.4, -0.2) is 13.1 Å². The Morgan fingerprint density at radius 1 is 0.952 bits per heavy atom. The van der Waals surface area contributed by atoms with E-state index in [9.17, 15) is 13.2 Å². The highest BCUT2D eigenvalue weighted by atomic mass is 19.4. The maximum atomic E-state index is 13.0. The van der Waals surface area contributed by atoms with E-state index in [0.717, 1.165) is 50.4 Å². The van der Waals surface area contributed by atoms with Crippen LogP contribution in [0.4, 0.5) is 13.2 Å². The zero-order valence-corrected chi connectivity index (χ0v) is 13.2. The molecule has 0 aliphatic heterocycles. The van der Waals surface area contributed by atoms with Gasteiger partial charge in [-0.05, 0) is 31.0 Å². The highest BCUT2D eigenvalue weighted by molar-refractivity contribution is 5.32. The van der Waals surface area contributed by atoms with Crippen LogP contribution in [0.15, 0.2) is 24.3 Å². The van der Waals surface area contributed by atoms with E-state index in [1.807, 2.05) is 13.0 Å². The number of hydrogen-bond donors (Lipinski definition) is 1. The van der Waals surface area contributed by atoms with E-state index in [2.05, 4.69) is 19.2 Å². The highest BCUT2D eigenvalue weighted by Gasteiger charge is 2.34. The maximum Gasteiger partial charge on any atom is 0.416 e. The van der Waals surface area contributed by atoms with Crippen molar-refractivity contribution in [3.05, 3.63) is 35.4 Å². The van der Waals surface area contributed by atoms with Crippen molar-refractivity contribution in [1.29, 1.82) is 0 Å². The Kier molecular flexibility index (Phi) is 6.72. The van der Waals surface area contributed by atoms with Crippen molar-refractivity contribution in [2.75, 3.05) is 13.1 Å². The molecule has 0 saturated carbocycles. The Labute approximate surface area is 125 Å². The fourth-order valence-electron chi connectivity index (χ4n) is 3.04. The Balaban J connectivity index is 3.23. The summed E-state index contributed by atoms with van der Waals surface area (Å²) in [4.78, 5) is 0. The summed E-state index contributed by atoms with van der Waals surface area (Å²) >= 11 is 0. The third-order valence-electron chi connectivity index (χ3n) is 3.97. The molecule has 1 rings (SSSR count). The third-order valence-corrected chi connectivity index (χ3v) is 3.97. The number of alkyl halides is 3. The molecule has 4 heteroatoms. The molecule has 0 saturated heterocycles. The van der Waals surface area contributed by atoms with Crippen LogP contribution >= 0.6 is 0 Å². The molecule has 120 valence electrons. The molecule has 0 radical (unpaired) electrons. The monoisotopic (exact) mass is 301 g/mol. The van der Waals surface area contributed by atoms with Crippen molar-refractivity contribution >= 4 is 0 Å². The molecule has 0 spiro atoms. The van der Waals surface area contributed by atoms with Crippen LogP contribution in [-0.2, 0) is 11.6 Å². The second kappa shape index (κ2) is 7.83. The molecule has 0 aliphatic rings. The van der Waals surface area contributed by atoms with Crippen molar-refractivity contribution in [2.24, 2.45) is 0 Å². The van der Waals surface area contributed by atoms with Crippen LogP contribution in [0, 0.1) is 0 Å². The number of likely N-dealkylation sites (N-methyl/N-ethyl adjacent to an activating group) is 1. The molecule has 0 heterocycles. The standard InChI is InChI=1S/C17H26F3N/c1-4-10-16(11-5-2,13-21-6-3)14-8-7-9-15(12-14)17(18,19)20/h7-9,12,21H,4-6,10-11,13H2,1-3H3. The number of hydrogen-bond acceptors (Lipinski definition) is 1. The zero-order valence-electron chi connectivity index (χ0n) is 13.2. The lowest BCUT2D eigenvalue weighted by molar-refractivity contribution is -0.137. The minimum absolute atomic E-state index is 0.208. The van der Waals surface area contributed by atoms with Crippen molar-refractivity contribution in [3.63, 3.8) is 0 Å². The first-order valence-electron chi connectivity index (χ1n) is 7.78. The lowest BCUT2D eigenvalue weighted by Gasteiger charge is -2.35. The van der Waals surface area contributed by atoms with E-state index in [4.69, 9.17) is 0 Å². The molecule has 0 unspecified atom stereocenters. The van der Waals surface area contributed by atoms with Gasteiger partial charge in [0.15, 0.2) is 0 Å². The smallest absolute Gasteiger partial charge is 0.316 e. The molecule has 0 bridgehead atoms. The quantitative estimate of drug-likeness (QED) is 0.700. The van der Waals surface area contributed by atoms with E-state index >= 15 is 0 Å². The van der Waals surface area contributed by atoms with E-state index in [-0.39, 0.29) is 5.41 Å². The Morgan fingerprint density at radius 2 is 1.52 bits per heavy atom. The Hall–Kier alpha value is -1.03. The summed E-state index contributed by atoms with van der Waals surface area (Å²) in [5, 5.41) is 3.33. The normalized spacial score (nSPS) is 12.7. The minimum atomic E-state index is -4.28. The van der Waals surface area contributed by atoms with E-state index in [0.29, 0.717) is 0 Å². The van der Waals surface area contributed by atoms with Gasteiger partial charge in [-0.2, -0.15) is 13.2 Å². The molecule has 0 amide bonds. The van der Waals surface area contributed by atoms with E-state index in [1.165, 1.54) is 12.1 Å². The van der Waals surface area contributed by atoms with Crippen molar-refractivity contribution < 1.29 is 13.2 Å². The fourth-order valence-corrected chi connectivity index (χ4v) is 3.04. The molecule has 1 nitrogen and oxygen atoms in total. The second-order valence-electron chi connectivity index (χ2n) is 5.64. The molecular formula is C17H26F3N. The molecule has 0 aromatic heterocycles. The van der Waals surface area contributed by atoms with Crippen LogP contribution in [0.3, 0.4) is 0 Å². The second-order valence-corrected chi connectivity index (χ2v) is 5.64. The molecular weight excluding hydrogens is 275 g/mol. The largest absolute Gasteiger partial charge is 0.416 e. The van der Waals surface area contributed by atoms with Crippen LogP contribution in [0.2, 0.25) is 0 Å².